The van der Waals surface area contributed by atoms with E-state index in [1.54, 1.807) is 11.8 Å². The van der Waals surface area contributed by atoms with Crippen molar-refractivity contribution < 1.29 is 4.79 Å². The van der Waals surface area contributed by atoms with Crippen LogP contribution in [0.15, 0.2) is 29.2 Å². The lowest BCUT2D eigenvalue weighted by atomic mass is 10.1. The fraction of sp³-hybridized carbons (Fsp3) is 0.588. The van der Waals surface area contributed by atoms with Gasteiger partial charge in [0.15, 0.2) is 0 Å². The van der Waals surface area contributed by atoms with Crippen LogP contribution in [0.25, 0.3) is 0 Å². The fourth-order valence-corrected chi connectivity index (χ4v) is 4.33. The molecule has 1 N–H and O–H groups in total. The van der Waals surface area contributed by atoms with Gasteiger partial charge >= 0.3 is 0 Å². The standard InChI is InChI=1S/C17H26N2OS.ClH/c1-14-6-8-15(9-7-14)21-17(10-4-5-11-17)16(20)19(3)13-12-18-2;/h6-9,18H,4-5,10-13H2,1-3H3;1H. The van der Waals surface area contributed by atoms with Gasteiger partial charge < -0.3 is 10.2 Å². The number of hydrogen-bond donors (Lipinski definition) is 1. The number of amides is 1. The number of aryl methyl sites for hydroxylation is 1. The zero-order valence-corrected chi connectivity index (χ0v) is 15.4. The van der Waals surface area contributed by atoms with Crippen LogP contribution < -0.4 is 5.32 Å². The summed E-state index contributed by atoms with van der Waals surface area (Å²) >= 11 is 1.77. The molecule has 1 saturated carbocycles. The van der Waals surface area contributed by atoms with Gasteiger partial charge in [-0.25, -0.2) is 0 Å². The summed E-state index contributed by atoms with van der Waals surface area (Å²) < 4.78 is -0.252. The summed E-state index contributed by atoms with van der Waals surface area (Å²) in [5, 5.41) is 3.11. The summed E-state index contributed by atoms with van der Waals surface area (Å²) in [6, 6.07) is 8.53. The molecular formula is C17H27ClN2OS. The number of carbonyl (C=O) groups excluding carboxylic acids is 1. The SMILES string of the molecule is CNCCN(C)C(=O)C1(Sc2ccc(C)cc2)CCCC1.Cl. The fourth-order valence-electron chi connectivity index (χ4n) is 2.87. The number of likely N-dealkylation sites (N-methyl/N-ethyl adjacent to an activating group) is 2. The number of nitrogens with one attached hydrogen (secondary N) is 1. The molecule has 1 amide bonds. The van der Waals surface area contributed by atoms with E-state index in [9.17, 15) is 4.79 Å². The minimum Gasteiger partial charge on any atom is -0.343 e. The largest absolute Gasteiger partial charge is 0.343 e. The Morgan fingerprint density at radius 3 is 2.41 bits per heavy atom. The van der Waals surface area contributed by atoms with Gasteiger partial charge in [-0.05, 0) is 38.9 Å². The van der Waals surface area contributed by atoms with E-state index in [1.807, 2.05) is 19.0 Å². The van der Waals surface area contributed by atoms with E-state index in [2.05, 4.69) is 36.5 Å². The zero-order chi connectivity index (χ0) is 15.3. The van der Waals surface area contributed by atoms with Crippen LogP contribution in [0.3, 0.4) is 0 Å². The third kappa shape index (κ3) is 4.64. The molecule has 1 aromatic rings. The normalized spacial score (nSPS) is 16.1. The second kappa shape index (κ2) is 8.80. The van der Waals surface area contributed by atoms with Crippen molar-refractivity contribution in [3.05, 3.63) is 29.8 Å². The molecule has 1 aliphatic rings. The Bertz CT molecular complexity index is 472. The van der Waals surface area contributed by atoms with E-state index in [4.69, 9.17) is 0 Å². The highest BCUT2D eigenvalue weighted by Gasteiger charge is 2.43. The minimum absolute atomic E-state index is 0. The van der Waals surface area contributed by atoms with Gasteiger partial charge in [-0.2, -0.15) is 0 Å². The number of benzene rings is 1. The Labute approximate surface area is 144 Å². The van der Waals surface area contributed by atoms with Crippen molar-refractivity contribution in [2.75, 3.05) is 27.2 Å². The molecule has 0 atom stereocenters. The summed E-state index contributed by atoms with van der Waals surface area (Å²) in [6.07, 6.45) is 4.30. The average Bonchev–Trinajstić information content (AvgIpc) is 2.96. The monoisotopic (exact) mass is 342 g/mol. The quantitative estimate of drug-likeness (QED) is 0.858. The van der Waals surface area contributed by atoms with Gasteiger partial charge in [-0.3, -0.25) is 4.79 Å². The maximum absolute atomic E-state index is 12.9. The van der Waals surface area contributed by atoms with E-state index in [-0.39, 0.29) is 17.2 Å². The average molecular weight is 343 g/mol. The summed E-state index contributed by atoms with van der Waals surface area (Å²) in [4.78, 5) is 16.0. The molecule has 22 heavy (non-hydrogen) atoms. The lowest BCUT2D eigenvalue weighted by Gasteiger charge is -2.32. The molecule has 0 radical (unpaired) electrons. The molecule has 5 heteroatoms. The highest BCUT2D eigenvalue weighted by molar-refractivity contribution is 8.01. The molecule has 0 heterocycles. The second-order valence-electron chi connectivity index (χ2n) is 5.95. The molecule has 3 nitrogen and oxygen atoms in total. The van der Waals surface area contributed by atoms with Crippen LogP contribution in [0, 0.1) is 6.92 Å². The Kier molecular flexibility index (Phi) is 7.74. The van der Waals surface area contributed by atoms with Crippen molar-refractivity contribution in [3.63, 3.8) is 0 Å². The van der Waals surface area contributed by atoms with Crippen molar-refractivity contribution in [1.29, 1.82) is 0 Å². The summed E-state index contributed by atoms with van der Waals surface area (Å²) in [6.45, 7) is 3.70. The number of halogens is 1. The molecule has 2 rings (SSSR count). The number of carbonyl (C=O) groups is 1. The maximum atomic E-state index is 12.9. The smallest absolute Gasteiger partial charge is 0.238 e. The third-order valence-electron chi connectivity index (χ3n) is 4.18. The van der Waals surface area contributed by atoms with Gasteiger partial charge in [0, 0.05) is 25.0 Å². The van der Waals surface area contributed by atoms with Gasteiger partial charge in [0.05, 0.1) is 4.75 Å². The highest BCUT2D eigenvalue weighted by atomic mass is 35.5. The van der Waals surface area contributed by atoms with Crippen molar-refractivity contribution in [3.8, 4) is 0 Å². The van der Waals surface area contributed by atoms with Crippen LogP contribution in [-0.2, 0) is 4.79 Å². The summed E-state index contributed by atoms with van der Waals surface area (Å²) in [5.41, 5.74) is 1.26. The van der Waals surface area contributed by atoms with E-state index < -0.39 is 0 Å². The van der Waals surface area contributed by atoms with E-state index >= 15 is 0 Å². The van der Waals surface area contributed by atoms with Gasteiger partial charge in [-0.15, -0.1) is 24.2 Å². The van der Waals surface area contributed by atoms with E-state index in [1.165, 1.54) is 10.5 Å². The molecule has 0 saturated heterocycles. The molecule has 0 bridgehead atoms. The maximum Gasteiger partial charge on any atom is 0.238 e. The van der Waals surface area contributed by atoms with Crippen molar-refractivity contribution in [2.45, 2.75) is 42.2 Å². The number of rotatable bonds is 6. The predicted octanol–water partition coefficient (Wildman–Crippen LogP) is 3.50. The van der Waals surface area contributed by atoms with Crippen molar-refractivity contribution >= 4 is 30.1 Å². The van der Waals surface area contributed by atoms with Crippen LogP contribution >= 0.6 is 24.2 Å². The van der Waals surface area contributed by atoms with Crippen molar-refractivity contribution in [2.24, 2.45) is 0 Å². The molecule has 0 unspecified atom stereocenters. The molecule has 1 aromatic carbocycles. The predicted molar refractivity (Wildman–Crippen MR) is 97.0 cm³/mol. The molecule has 0 aromatic heterocycles. The number of thioether (sulfide) groups is 1. The van der Waals surface area contributed by atoms with Gasteiger partial charge in [-0.1, -0.05) is 30.5 Å². The van der Waals surface area contributed by atoms with Crippen LogP contribution in [0.4, 0.5) is 0 Å². The lowest BCUT2D eigenvalue weighted by molar-refractivity contribution is -0.132. The molecule has 124 valence electrons. The van der Waals surface area contributed by atoms with Crippen LogP contribution in [0.5, 0.6) is 0 Å². The molecular weight excluding hydrogens is 316 g/mol. The molecule has 0 spiro atoms. The Morgan fingerprint density at radius 1 is 1.27 bits per heavy atom. The topological polar surface area (TPSA) is 32.3 Å². The third-order valence-corrected chi connectivity index (χ3v) is 5.66. The van der Waals surface area contributed by atoms with Crippen LogP contribution in [0.1, 0.15) is 31.2 Å². The van der Waals surface area contributed by atoms with E-state index in [0.29, 0.717) is 5.91 Å². The van der Waals surface area contributed by atoms with Gasteiger partial charge in [0.25, 0.3) is 0 Å². The first kappa shape index (κ1) is 19.3. The highest BCUT2D eigenvalue weighted by Crippen LogP contribution is 2.46. The van der Waals surface area contributed by atoms with E-state index in [0.717, 1.165) is 38.8 Å². The second-order valence-corrected chi connectivity index (χ2v) is 7.40. The Balaban J connectivity index is 0.00000242. The van der Waals surface area contributed by atoms with Crippen molar-refractivity contribution in [1.82, 2.24) is 10.2 Å². The molecule has 0 aliphatic heterocycles. The Hall–Kier alpha value is -0.710. The molecule has 1 fully saturated rings. The van der Waals surface area contributed by atoms with Crippen LogP contribution in [0.2, 0.25) is 0 Å². The first-order chi connectivity index (χ1) is 10.1. The molecule has 1 aliphatic carbocycles. The first-order valence-electron chi connectivity index (χ1n) is 7.73. The lowest BCUT2D eigenvalue weighted by Crippen LogP contribution is -2.45. The minimum atomic E-state index is -0.252. The number of hydrogen-bond acceptors (Lipinski definition) is 3. The zero-order valence-electron chi connectivity index (χ0n) is 13.7. The Morgan fingerprint density at radius 2 is 1.86 bits per heavy atom. The van der Waals surface area contributed by atoms with Crippen LogP contribution in [-0.4, -0.2) is 42.7 Å². The number of nitrogens with zero attached hydrogens (tertiary/aromatic N) is 1. The van der Waals surface area contributed by atoms with Gasteiger partial charge in [0.2, 0.25) is 5.91 Å². The summed E-state index contributed by atoms with van der Waals surface area (Å²) in [7, 11) is 3.85. The van der Waals surface area contributed by atoms with Gasteiger partial charge in [0.1, 0.15) is 0 Å². The summed E-state index contributed by atoms with van der Waals surface area (Å²) in [5.74, 6) is 0.292. The first-order valence-corrected chi connectivity index (χ1v) is 8.55.